The monoisotopic (exact) mass is 635 g/mol. The summed E-state index contributed by atoms with van der Waals surface area (Å²) >= 11 is 2.64. The van der Waals surface area contributed by atoms with Crippen LogP contribution in [0.1, 0.15) is 27.3 Å². The van der Waals surface area contributed by atoms with Crippen LogP contribution in [0.5, 0.6) is 0 Å². The van der Waals surface area contributed by atoms with Crippen LogP contribution >= 0.6 is 23.1 Å². The second kappa shape index (κ2) is 12.6. The van der Waals surface area contributed by atoms with E-state index in [-0.39, 0.29) is 23.1 Å². The van der Waals surface area contributed by atoms with Gasteiger partial charge in [-0.3, -0.25) is 14.2 Å². The highest BCUT2D eigenvalue weighted by atomic mass is 32.2. The Balaban J connectivity index is 1.32. The fraction of sp³-hybridized carbons (Fsp3) is 0.207. The van der Waals surface area contributed by atoms with E-state index >= 15 is 0 Å². The summed E-state index contributed by atoms with van der Waals surface area (Å²) < 4.78 is 28.6. The van der Waals surface area contributed by atoms with E-state index in [0.29, 0.717) is 21.7 Å². The normalized spacial score (nSPS) is 11.7. The molecule has 3 aromatic carbocycles. The van der Waals surface area contributed by atoms with Crippen molar-refractivity contribution in [3.8, 4) is 5.69 Å². The molecule has 5 rings (SSSR count). The molecule has 0 unspecified atom stereocenters. The molecule has 0 saturated carbocycles. The van der Waals surface area contributed by atoms with Crippen LogP contribution in [0.2, 0.25) is 0 Å². The lowest BCUT2D eigenvalue weighted by Gasteiger charge is -2.15. The summed E-state index contributed by atoms with van der Waals surface area (Å²) in [7, 11) is -0.709. The number of hydrogen-bond donors (Lipinski definition) is 2. The lowest BCUT2D eigenvalue weighted by molar-refractivity contribution is -0.113. The van der Waals surface area contributed by atoms with Crippen LogP contribution in [0.15, 0.2) is 76.8 Å². The van der Waals surface area contributed by atoms with Gasteiger partial charge in [0.25, 0.3) is 5.91 Å². The lowest BCUT2D eigenvalue weighted by Crippen LogP contribution is -2.25. The number of hydrogen-bond acceptors (Lipinski definition) is 9. The maximum atomic E-state index is 13.0. The van der Waals surface area contributed by atoms with Gasteiger partial charge in [-0.05, 0) is 67.4 Å². The molecule has 0 bridgehead atoms. The molecule has 43 heavy (non-hydrogen) atoms. The van der Waals surface area contributed by atoms with Crippen molar-refractivity contribution in [1.82, 2.24) is 29.4 Å². The van der Waals surface area contributed by atoms with Crippen LogP contribution in [0.25, 0.3) is 15.9 Å². The maximum Gasteiger partial charge on any atom is 0.251 e. The zero-order chi connectivity index (χ0) is 30.7. The number of anilines is 1. The maximum absolute atomic E-state index is 13.0. The standard InChI is InChI=1S/C29H29N7O4S3/c1-18-8-7-10-23(19(18)2)36-25(16-30-27(38)20-12-14-21(15-13-20)43(39,40)35(3)4)33-34-29(36)41-17-26(37)32-28-31-22-9-5-6-11-24(22)42-28/h5-15H,16-17H2,1-4H3,(H,30,38)(H,31,32,37). The number of carbonyl (C=O) groups excluding carboxylic acids is 2. The number of carbonyl (C=O) groups is 2. The van der Waals surface area contributed by atoms with E-state index in [2.05, 4.69) is 25.8 Å². The summed E-state index contributed by atoms with van der Waals surface area (Å²) in [6.45, 7) is 4.04. The smallest absolute Gasteiger partial charge is 0.251 e. The van der Waals surface area contributed by atoms with Crippen molar-refractivity contribution >= 4 is 60.3 Å². The highest BCUT2D eigenvalue weighted by Crippen LogP contribution is 2.28. The van der Waals surface area contributed by atoms with Gasteiger partial charge in [-0.1, -0.05) is 47.4 Å². The summed E-state index contributed by atoms with van der Waals surface area (Å²) in [5.41, 5.74) is 4.04. The average molecular weight is 636 g/mol. The van der Waals surface area contributed by atoms with Crippen molar-refractivity contribution in [2.75, 3.05) is 25.2 Å². The Morgan fingerprint density at radius 3 is 2.44 bits per heavy atom. The molecule has 0 radical (unpaired) electrons. The number of amides is 2. The van der Waals surface area contributed by atoms with Crippen molar-refractivity contribution < 1.29 is 18.0 Å². The van der Waals surface area contributed by atoms with Crippen LogP contribution in [-0.2, 0) is 21.4 Å². The van der Waals surface area contributed by atoms with Gasteiger partial charge in [0.05, 0.1) is 33.1 Å². The number of nitrogens with one attached hydrogen (secondary N) is 2. The van der Waals surface area contributed by atoms with Crippen molar-refractivity contribution in [2.45, 2.75) is 30.4 Å². The third-order valence-corrected chi connectivity index (χ3v) is 10.4. The van der Waals surface area contributed by atoms with E-state index in [9.17, 15) is 18.0 Å². The first-order valence-electron chi connectivity index (χ1n) is 13.1. The number of aryl methyl sites for hydroxylation is 1. The van der Waals surface area contributed by atoms with Crippen LogP contribution < -0.4 is 10.6 Å². The first kappa shape index (κ1) is 30.4. The van der Waals surface area contributed by atoms with Crippen molar-refractivity contribution in [3.05, 3.63) is 89.2 Å². The third kappa shape index (κ3) is 6.62. The first-order chi connectivity index (χ1) is 20.5. The van der Waals surface area contributed by atoms with Gasteiger partial charge in [0.2, 0.25) is 15.9 Å². The van der Waals surface area contributed by atoms with Crippen molar-refractivity contribution in [1.29, 1.82) is 0 Å². The lowest BCUT2D eigenvalue weighted by atomic mass is 10.1. The van der Waals surface area contributed by atoms with E-state index in [1.165, 1.54) is 61.5 Å². The molecule has 0 aliphatic heterocycles. The van der Waals surface area contributed by atoms with E-state index < -0.39 is 15.9 Å². The van der Waals surface area contributed by atoms with E-state index in [4.69, 9.17) is 0 Å². The molecule has 11 nitrogen and oxygen atoms in total. The first-order valence-corrected chi connectivity index (χ1v) is 16.4. The van der Waals surface area contributed by atoms with Gasteiger partial charge in [-0.25, -0.2) is 17.7 Å². The summed E-state index contributed by atoms with van der Waals surface area (Å²) in [6.07, 6.45) is 0. The molecule has 2 heterocycles. The molecule has 14 heteroatoms. The molecule has 0 saturated heterocycles. The Morgan fingerprint density at radius 2 is 1.72 bits per heavy atom. The second-order valence-corrected chi connectivity index (χ2v) is 13.9. The minimum Gasteiger partial charge on any atom is -0.345 e. The highest BCUT2D eigenvalue weighted by molar-refractivity contribution is 7.99. The Labute approximate surface area is 257 Å². The molecular formula is C29H29N7O4S3. The van der Waals surface area contributed by atoms with E-state index in [1.54, 1.807) is 0 Å². The molecule has 0 atom stereocenters. The largest absolute Gasteiger partial charge is 0.345 e. The number of thioether (sulfide) groups is 1. The summed E-state index contributed by atoms with van der Waals surface area (Å²) in [5.74, 6) is -0.0705. The molecule has 0 fully saturated rings. The Bertz CT molecular complexity index is 1880. The molecule has 2 aromatic heterocycles. The number of sulfonamides is 1. The van der Waals surface area contributed by atoms with Crippen molar-refractivity contribution in [2.24, 2.45) is 0 Å². The van der Waals surface area contributed by atoms with Gasteiger partial charge in [0.1, 0.15) is 0 Å². The Kier molecular flexibility index (Phi) is 8.92. The van der Waals surface area contributed by atoms with Crippen LogP contribution in [0.4, 0.5) is 5.13 Å². The third-order valence-electron chi connectivity index (χ3n) is 6.69. The zero-order valence-corrected chi connectivity index (χ0v) is 26.3. The fourth-order valence-electron chi connectivity index (χ4n) is 4.19. The van der Waals surface area contributed by atoms with Crippen LogP contribution in [-0.4, -0.2) is 64.1 Å². The Morgan fingerprint density at radius 1 is 0.977 bits per heavy atom. The predicted octanol–water partition coefficient (Wildman–Crippen LogP) is 4.40. The molecule has 2 amide bonds. The number of rotatable bonds is 10. The summed E-state index contributed by atoms with van der Waals surface area (Å²) in [5, 5.41) is 15.4. The summed E-state index contributed by atoms with van der Waals surface area (Å²) in [6, 6.07) is 19.3. The SMILES string of the molecule is Cc1cccc(-n2c(CNC(=O)c3ccc(S(=O)(=O)N(C)C)cc3)nnc2SCC(=O)Nc2nc3ccccc3s2)c1C. The van der Waals surface area contributed by atoms with Gasteiger partial charge in [-0.2, -0.15) is 0 Å². The van der Waals surface area contributed by atoms with Crippen molar-refractivity contribution in [3.63, 3.8) is 0 Å². The second-order valence-electron chi connectivity index (χ2n) is 9.77. The molecule has 2 N–H and O–H groups in total. The molecule has 5 aromatic rings. The molecular weight excluding hydrogens is 607 g/mol. The number of thiazole rings is 1. The van der Waals surface area contributed by atoms with Gasteiger partial charge in [0, 0.05) is 19.7 Å². The van der Waals surface area contributed by atoms with E-state index in [1.807, 2.05) is 60.9 Å². The number of benzene rings is 3. The van der Waals surface area contributed by atoms with Gasteiger partial charge < -0.3 is 10.6 Å². The molecule has 222 valence electrons. The Hall–Kier alpha value is -4.11. The number of para-hydroxylation sites is 1. The fourth-order valence-corrected chi connectivity index (χ4v) is 6.74. The minimum atomic E-state index is -3.61. The van der Waals surface area contributed by atoms with E-state index in [0.717, 1.165) is 31.3 Å². The average Bonchev–Trinajstić information content (AvgIpc) is 3.59. The minimum absolute atomic E-state index is 0.0510. The zero-order valence-electron chi connectivity index (χ0n) is 23.9. The molecule has 0 aliphatic rings. The highest BCUT2D eigenvalue weighted by Gasteiger charge is 2.20. The number of aromatic nitrogens is 4. The molecule has 0 spiro atoms. The van der Waals surface area contributed by atoms with Crippen LogP contribution in [0, 0.1) is 13.8 Å². The van der Waals surface area contributed by atoms with Gasteiger partial charge in [-0.15, -0.1) is 10.2 Å². The number of nitrogens with zero attached hydrogens (tertiary/aromatic N) is 5. The van der Waals surface area contributed by atoms with Gasteiger partial charge in [0.15, 0.2) is 16.1 Å². The van der Waals surface area contributed by atoms with Gasteiger partial charge >= 0.3 is 0 Å². The quantitative estimate of drug-likeness (QED) is 0.215. The summed E-state index contributed by atoms with van der Waals surface area (Å²) in [4.78, 5) is 30.3. The predicted molar refractivity (Wildman–Crippen MR) is 168 cm³/mol. The number of fused-ring (bicyclic) bond motifs is 1. The van der Waals surface area contributed by atoms with Crippen LogP contribution in [0.3, 0.4) is 0 Å². The topological polar surface area (TPSA) is 139 Å². The molecule has 0 aliphatic carbocycles.